The molecule has 1 atom stereocenters. The van der Waals surface area contributed by atoms with Crippen LogP contribution in [-0.2, 0) is 4.79 Å². The molecule has 2 N–H and O–H groups in total. The second-order valence-corrected chi connectivity index (χ2v) is 5.13. The summed E-state index contributed by atoms with van der Waals surface area (Å²) in [6, 6.07) is 6.37. The van der Waals surface area contributed by atoms with Crippen molar-refractivity contribution in [3.8, 4) is 0 Å². The summed E-state index contributed by atoms with van der Waals surface area (Å²) in [5.74, 6) is 0.189. The normalized spacial score (nSPS) is 17.8. The summed E-state index contributed by atoms with van der Waals surface area (Å²) < 4.78 is 0. The molecule has 1 aromatic carbocycles. The number of amides is 1. The first-order valence-corrected chi connectivity index (χ1v) is 6.97. The third-order valence-corrected chi connectivity index (χ3v) is 3.65. The first kappa shape index (κ1) is 15.2. The van der Waals surface area contributed by atoms with Crippen LogP contribution in [-0.4, -0.2) is 47.1 Å². The molecule has 0 bridgehead atoms. The third kappa shape index (κ3) is 3.91. The molecule has 1 aliphatic heterocycles. The van der Waals surface area contributed by atoms with Crippen LogP contribution >= 0.6 is 0 Å². The molecule has 7 nitrogen and oxygen atoms in total. The Morgan fingerprint density at radius 1 is 1.48 bits per heavy atom. The molecule has 1 heterocycles. The molecular weight excluding hydrogens is 274 g/mol. The number of rotatable bonds is 6. The van der Waals surface area contributed by atoms with E-state index in [0.717, 1.165) is 6.42 Å². The molecule has 7 heteroatoms. The number of hydrogen-bond acceptors (Lipinski definition) is 5. The Morgan fingerprint density at radius 3 is 2.90 bits per heavy atom. The van der Waals surface area contributed by atoms with Gasteiger partial charge in [0, 0.05) is 44.6 Å². The Morgan fingerprint density at radius 2 is 2.24 bits per heavy atom. The van der Waals surface area contributed by atoms with Gasteiger partial charge in [-0.05, 0) is 12.5 Å². The Balaban J connectivity index is 1.82. The zero-order valence-corrected chi connectivity index (χ0v) is 11.7. The molecule has 1 aliphatic rings. The molecule has 0 spiro atoms. The smallest absolute Gasteiger partial charge is 0.292 e. The summed E-state index contributed by atoms with van der Waals surface area (Å²) >= 11 is 0. The van der Waals surface area contributed by atoms with Crippen molar-refractivity contribution in [3.63, 3.8) is 0 Å². The van der Waals surface area contributed by atoms with Gasteiger partial charge in [0.15, 0.2) is 0 Å². The number of nitrogens with zero attached hydrogens (tertiary/aromatic N) is 2. The topological polar surface area (TPSA) is 95.7 Å². The first-order chi connectivity index (χ1) is 10.1. The Labute approximate surface area is 122 Å². The fourth-order valence-corrected chi connectivity index (χ4v) is 2.45. The minimum atomic E-state index is -0.448. The Kier molecular flexibility index (Phi) is 5.10. The van der Waals surface area contributed by atoms with Crippen LogP contribution in [0.2, 0.25) is 0 Å². The minimum absolute atomic E-state index is 0.00599. The highest BCUT2D eigenvalue weighted by Gasteiger charge is 2.25. The van der Waals surface area contributed by atoms with Crippen molar-refractivity contribution in [1.29, 1.82) is 0 Å². The first-order valence-electron chi connectivity index (χ1n) is 6.97. The lowest BCUT2D eigenvalue weighted by atomic mass is 10.1. The predicted octanol–water partition coefficient (Wildman–Crippen LogP) is 1.24. The number of nitro groups is 1. The Hall–Kier alpha value is -2.15. The summed E-state index contributed by atoms with van der Waals surface area (Å²) in [6.45, 7) is 1.73. The quantitative estimate of drug-likeness (QED) is 0.607. The minimum Gasteiger partial charge on any atom is -0.396 e. The van der Waals surface area contributed by atoms with Crippen molar-refractivity contribution in [1.82, 2.24) is 4.90 Å². The number of likely N-dealkylation sites (tertiary alicyclic amines) is 1. The van der Waals surface area contributed by atoms with E-state index in [1.54, 1.807) is 23.1 Å². The number of anilines is 1. The number of carbonyl (C=O) groups is 1. The van der Waals surface area contributed by atoms with Gasteiger partial charge in [0.25, 0.3) is 5.69 Å². The van der Waals surface area contributed by atoms with Crippen LogP contribution in [0, 0.1) is 16.0 Å². The van der Waals surface area contributed by atoms with Gasteiger partial charge in [0.2, 0.25) is 5.91 Å². The van der Waals surface area contributed by atoms with Gasteiger partial charge in [0.1, 0.15) is 5.69 Å². The van der Waals surface area contributed by atoms with E-state index in [1.165, 1.54) is 6.07 Å². The van der Waals surface area contributed by atoms with Crippen molar-refractivity contribution < 1.29 is 14.8 Å². The summed E-state index contributed by atoms with van der Waals surface area (Å²) in [4.78, 5) is 24.1. The van der Waals surface area contributed by atoms with Crippen LogP contribution in [0.5, 0.6) is 0 Å². The predicted molar refractivity (Wildman–Crippen MR) is 78.0 cm³/mol. The van der Waals surface area contributed by atoms with Gasteiger partial charge in [0.05, 0.1) is 4.92 Å². The van der Waals surface area contributed by atoms with E-state index in [4.69, 9.17) is 5.11 Å². The highest BCUT2D eigenvalue weighted by molar-refractivity contribution is 5.77. The zero-order chi connectivity index (χ0) is 15.2. The zero-order valence-electron chi connectivity index (χ0n) is 11.7. The van der Waals surface area contributed by atoms with Gasteiger partial charge in [-0.2, -0.15) is 0 Å². The molecule has 0 aromatic heterocycles. The maximum absolute atomic E-state index is 12.0. The molecule has 2 rings (SSSR count). The van der Waals surface area contributed by atoms with E-state index in [1.807, 2.05) is 0 Å². The lowest BCUT2D eigenvalue weighted by Crippen LogP contribution is -2.30. The Bertz CT molecular complexity index is 521. The number of aliphatic hydroxyl groups excluding tert-OH is 1. The average Bonchev–Trinajstić information content (AvgIpc) is 2.96. The summed E-state index contributed by atoms with van der Waals surface area (Å²) in [5, 5.41) is 22.9. The van der Waals surface area contributed by atoms with Crippen molar-refractivity contribution >= 4 is 17.3 Å². The number of para-hydroxylation sites is 2. The molecule has 114 valence electrons. The van der Waals surface area contributed by atoms with Crippen LogP contribution in [0.3, 0.4) is 0 Å². The fraction of sp³-hybridized carbons (Fsp3) is 0.500. The lowest BCUT2D eigenvalue weighted by molar-refractivity contribution is -0.384. The van der Waals surface area contributed by atoms with Crippen molar-refractivity contribution in [3.05, 3.63) is 34.4 Å². The summed E-state index contributed by atoms with van der Waals surface area (Å²) in [5.41, 5.74) is 0.427. The third-order valence-electron chi connectivity index (χ3n) is 3.65. The molecule has 1 amide bonds. The lowest BCUT2D eigenvalue weighted by Gasteiger charge is -2.16. The summed E-state index contributed by atoms with van der Waals surface area (Å²) in [7, 11) is 0. The number of nitro benzene ring substituents is 1. The van der Waals surface area contributed by atoms with Gasteiger partial charge < -0.3 is 15.3 Å². The highest BCUT2D eigenvalue weighted by atomic mass is 16.6. The van der Waals surface area contributed by atoms with Gasteiger partial charge >= 0.3 is 0 Å². The maximum atomic E-state index is 12.0. The molecule has 1 fully saturated rings. The second-order valence-electron chi connectivity index (χ2n) is 5.13. The highest BCUT2D eigenvalue weighted by Crippen LogP contribution is 2.23. The molecule has 21 heavy (non-hydrogen) atoms. The number of carbonyl (C=O) groups excluding carboxylic acids is 1. The number of nitrogens with one attached hydrogen (secondary N) is 1. The second kappa shape index (κ2) is 7.03. The fourth-order valence-electron chi connectivity index (χ4n) is 2.45. The molecule has 0 saturated carbocycles. The van der Waals surface area contributed by atoms with Gasteiger partial charge in [-0.1, -0.05) is 12.1 Å². The van der Waals surface area contributed by atoms with E-state index in [-0.39, 0.29) is 30.5 Å². The molecule has 1 unspecified atom stereocenters. The van der Waals surface area contributed by atoms with E-state index in [0.29, 0.717) is 25.3 Å². The van der Waals surface area contributed by atoms with E-state index in [9.17, 15) is 14.9 Å². The molecular formula is C14H19N3O4. The van der Waals surface area contributed by atoms with Crippen LogP contribution in [0.15, 0.2) is 24.3 Å². The van der Waals surface area contributed by atoms with Crippen molar-refractivity contribution in [2.75, 3.05) is 31.6 Å². The van der Waals surface area contributed by atoms with E-state index < -0.39 is 4.92 Å². The standard InChI is InChI=1S/C14H19N3O4/c18-10-11-6-8-16(9-11)14(19)5-7-15-12-3-1-2-4-13(12)17(20)21/h1-4,11,15,18H,5-10H2. The number of hydrogen-bond donors (Lipinski definition) is 2. The molecule has 1 aromatic rings. The molecule has 0 radical (unpaired) electrons. The van der Waals surface area contributed by atoms with Gasteiger partial charge in [-0.3, -0.25) is 14.9 Å². The van der Waals surface area contributed by atoms with E-state index >= 15 is 0 Å². The van der Waals surface area contributed by atoms with Crippen molar-refractivity contribution in [2.24, 2.45) is 5.92 Å². The van der Waals surface area contributed by atoms with Gasteiger partial charge in [-0.15, -0.1) is 0 Å². The maximum Gasteiger partial charge on any atom is 0.292 e. The monoisotopic (exact) mass is 293 g/mol. The molecule has 0 aliphatic carbocycles. The number of aliphatic hydroxyl groups is 1. The largest absolute Gasteiger partial charge is 0.396 e. The van der Waals surface area contributed by atoms with Crippen LogP contribution < -0.4 is 5.32 Å². The summed E-state index contributed by atoms with van der Waals surface area (Å²) in [6.07, 6.45) is 1.12. The van der Waals surface area contributed by atoms with E-state index in [2.05, 4.69) is 5.32 Å². The molecule has 1 saturated heterocycles. The van der Waals surface area contributed by atoms with Crippen LogP contribution in [0.4, 0.5) is 11.4 Å². The van der Waals surface area contributed by atoms with Gasteiger partial charge in [-0.25, -0.2) is 0 Å². The average molecular weight is 293 g/mol. The number of benzene rings is 1. The SMILES string of the molecule is O=C(CCNc1ccccc1[N+](=O)[O-])N1CCC(CO)C1. The van der Waals surface area contributed by atoms with Crippen LogP contribution in [0.25, 0.3) is 0 Å². The van der Waals surface area contributed by atoms with Crippen LogP contribution in [0.1, 0.15) is 12.8 Å². The van der Waals surface area contributed by atoms with Crippen molar-refractivity contribution in [2.45, 2.75) is 12.8 Å².